The van der Waals surface area contributed by atoms with E-state index in [9.17, 15) is 9.59 Å². The summed E-state index contributed by atoms with van der Waals surface area (Å²) in [7, 11) is 0. The van der Waals surface area contributed by atoms with Crippen LogP contribution in [0, 0.1) is 6.92 Å². The van der Waals surface area contributed by atoms with Gasteiger partial charge in [0.25, 0.3) is 5.56 Å². The molecule has 0 spiro atoms. The van der Waals surface area contributed by atoms with Crippen molar-refractivity contribution in [3.63, 3.8) is 0 Å². The first-order chi connectivity index (χ1) is 12.5. The second kappa shape index (κ2) is 8.14. The summed E-state index contributed by atoms with van der Waals surface area (Å²) in [5, 5.41) is 2.79. The van der Waals surface area contributed by atoms with Gasteiger partial charge in [0.05, 0.1) is 5.69 Å². The van der Waals surface area contributed by atoms with Crippen LogP contribution < -0.4 is 10.9 Å². The Kier molecular flexibility index (Phi) is 5.68. The van der Waals surface area contributed by atoms with Crippen LogP contribution in [0.1, 0.15) is 11.3 Å². The van der Waals surface area contributed by atoms with Gasteiger partial charge in [0.1, 0.15) is 12.8 Å². The zero-order chi connectivity index (χ0) is 18.5. The van der Waals surface area contributed by atoms with Crippen molar-refractivity contribution in [2.75, 3.05) is 6.54 Å². The molecule has 0 aliphatic heterocycles. The Hall–Kier alpha value is -2.67. The molecule has 1 aromatic carbocycles. The molecule has 134 valence electrons. The third kappa shape index (κ3) is 4.70. The monoisotopic (exact) mass is 415 g/mol. The highest BCUT2D eigenvalue weighted by atomic mass is 79.9. The summed E-state index contributed by atoms with van der Waals surface area (Å²) < 4.78 is 7.60. The van der Waals surface area contributed by atoms with E-state index in [4.69, 9.17) is 4.42 Å². The first-order valence-corrected chi connectivity index (χ1v) is 8.95. The molecule has 0 fully saturated rings. The van der Waals surface area contributed by atoms with Gasteiger partial charge in [-0.2, -0.15) is 0 Å². The normalized spacial score (nSPS) is 10.7. The van der Waals surface area contributed by atoms with E-state index in [0.29, 0.717) is 18.9 Å². The van der Waals surface area contributed by atoms with Crippen molar-refractivity contribution in [1.29, 1.82) is 0 Å². The lowest BCUT2D eigenvalue weighted by Crippen LogP contribution is -2.33. The van der Waals surface area contributed by atoms with Gasteiger partial charge in [-0.1, -0.05) is 17.7 Å². The molecule has 26 heavy (non-hydrogen) atoms. The number of hydrogen-bond acceptors (Lipinski definition) is 4. The maximum absolute atomic E-state index is 12.0. The molecule has 0 atom stereocenters. The maximum atomic E-state index is 12.0. The third-order valence-electron chi connectivity index (χ3n) is 3.81. The summed E-state index contributed by atoms with van der Waals surface area (Å²) in [5.74, 6) is 0.333. The summed E-state index contributed by atoms with van der Waals surface area (Å²) in [6.07, 6.45) is 3.74. The van der Waals surface area contributed by atoms with Gasteiger partial charge < -0.3 is 14.3 Å². The number of rotatable bonds is 6. The predicted octanol–water partition coefficient (Wildman–Crippen LogP) is 2.93. The first-order valence-electron chi connectivity index (χ1n) is 8.15. The highest BCUT2D eigenvalue weighted by molar-refractivity contribution is 9.10. The zero-order valence-corrected chi connectivity index (χ0v) is 15.8. The zero-order valence-electron chi connectivity index (χ0n) is 14.2. The van der Waals surface area contributed by atoms with Crippen molar-refractivity contribution in [1.82, 2.24) is 14.9 Å². The molecule has 2 heterocycles. The molecular formula is C19H18BrN3O3. The van der Waals surface area contributed by atoms with Gasteiger partial charge in [0, 0.05) is 35.3 Å². The Morgan fingerprint density at radius 3 is 2.77 bits per heavy atom. The Morgan fingerprint density at radius 1 is 1.23 bits per heavy atom. The van der Waals surface area contributed by atoms with Crippen LogP contribution >= 0.6 is 15.9 Å². The van der Waals surface area contributed by atoms with Crippen molar-refractivity contribution >= 4 is 21.8 Å². The van der Waals surface area contributed by atoms with Crippen molar-refractivity contribution in [3.05, 3.63) is 74.9 Å². The van der Waals surface area contributed by atoms with E-state index in [1.807, 2.05) is 31.2 Å². The highest BCUT2D eigenvalue weighted by Crippen LogP contribution is 2.19. The number of oxazole rings is 1. The quantitative estimate of drug-likeness (QED) is 0.671. The van der Waals surface area contributed by atoms with Crippen molar-refractivity contribution in [3.8, 4) is 11.5 Å². The van der Waals surface area contributed by atoms with Crippen molar-refractivity contribution < 1.29 is 9.21 Å². The number of nitrogens with zero attached hydrogens (tertiary/aromatic N) is 2. The molecule has 0 aliphatic rings. The summed E-state index contributed by atoms with van der Waals surface area (Å²) >= 11 is 3.28. The molecule has 1 amide bonds. The Bertz CT molecular complexity index is 961. The molecule has 0 aliphatic carbocycles. The second-order valence-corrected chi connectivity index (χ2v) is 6.84. The third-order valence-corrected chi connectivity index (χ3v) is 4.28. The minimum Gasteiger partial charge on any atom is -0.444 e. The lowest BCUT2D eigenvalue weighted by atomic mass is 10.1. The van der Waals surface area contributed by atoms with Crippen molar-refractivity contribution in [2.24, 2.45) is 0 Å². The topological polar surface area (TPSA) is 77.1 Å². The Morgan fingerprint density at radius 2 is 2.00 bits per heavy atom. The fourth-order valence-corrected chi connectivity index (χ4v) is 2.80. The summed E-state index contributed by atoms with van der Waals surface area (Å²) in [6.45, 7) is 2.42. The van der Waals surface area contributed by atoms with Crippen LogP contribution in [0.2, 0.25) is 0 Å². The molecule has 2 aromatic heterocycles. The lowest BCUT2D eigenvalue weighted by molar-refractivity contribution is -0.121. The van der Waals surface area contributed by atoms with E-state index in [2.05, 4.69) is 26.2 Å². The molecule has 3 aromatic rings. The van der Waals surface area contributed by atoms with Gasteiger partial charge in [-0.15, -0.1) is 0 Å². The van der Waals surface area contributed by atoms with E-state index in [-0.39, 0.29) is 18.0 Å². The number of carbonyl (C=O) groups is 1. The number of nitrogens with one attached hydrogen (secondary N) is 1. The molecule has 0 saturated carbocycles. The van der Waals surface area contributed by atoms with Crippen LogP contribution in [-0.2, 0) is 17.8 Å². The van der Waals surface area contributed by atoms with Gasteiger partial charge in [0.2, 0.25) is 11.8 Å². The van der Waals surface area contributed by atoms with Gasteiger partial charge in [-0.05, 0) is 41.1 Å². The van der Waals surface area contributed by atoms with E-state index in [0.717, 1.165) is 15.7 Å². The van der Waals surface area contributed by atoms with E-state index in [1.165, 1.54) is 16.2 Å². The smallest absolute Gasteiger partial charge is 0.251 e. The number of aromatic nitrogens is 2. The SMILES string of the molecule is Cc1ccc(-c2nc(CCNC(=O)Cn3cc(Br)ccc3=O)co2)cc1. The highest BCUT2D eigenvalue weighted by Gasteiger charge is 2.08. The first kappa shape index (κ1) is 18.1. The molecule has 3 rings (SSSR count). The average Bonchev–Trinajstić information content (AvgIpc) is 3.08. The standard InChI is InChI=1S/C19H18BrN3O3/c1-13-2-4-14(5-3-13)19-22-16(12-26-19)8-9-21-17(24)11-23-10-15(20)6-7-18(23)25/h2-7,10,12H,8-9,11H2,1H3,(H,21,24). The van der Waals surface area contributed by atoms with Gasteiger partial charge in [-0.3, -0.25) is 9.59 Å². The minimum absolute atomic E-state index is 0.0221. The predicted molar refractivity (Wildman–Crippen MR) is 102 cm³/mol. The number of carbonyl (C=O) groups excluding carboxylic acids is 1. The number of amides is 1. The summed E-state index contributed by atoms with van der Waals surface area (Å²) in [4.78, 5) is 28.1. The average molecular weight is 416 g/mol. The summed E-state index contributed by atoms with van der Waals surface area (Å²) in [6, 6.07) is 11.0. The van der Waals surface area contributed by atoms with Crippen LogP contribution in [0.15, 0.2) is 62.5 Å². The van der Waals surface area contributed by atoms with E-state index in [1.54, 1.807) is 18.5 Å². The van der Waals surface area contributed by atoms with Crippen LogP contribution in [0.25, 0.3) is 11.5 Å². The molecule has 0 bridgehead atoms. The van der Waals surface area contributed by atoms with Gasteiger partial charge in [0.15, 0.2) is 0 Å². The van der Waals surface area contributed by atoms with E-state index >= 15 is 0 Å². The molecule has 6 nitrogen and oxygen atoms in total. The molecular weight excluding hydrogens is 398 g/mol. The molecule has 0 unspecified atom stereocenters. The van der Waals surface area contributed by atoms with E-state index < -0.39 is 0 Å². The number of aryl methyl sites for hydroxylation is 1. The molecule has 0 saturated heterocycles. The number of halogens is 1. The minimum atomic E-state index is -0.229. The fourth-order valence-electron chi connectivity index (χ4n) is 2.42. The van der Waals surface area contributed by atoms with Crippen LogP contribution in [0.5, 0.6) is 0 Å². The number of hydrogen-bond donors (Lipinski definition) is 1. The fraction of sp³-hybridized carbons (Fsp3) is 0.211. The van der Waals surface area contributed by atoms with Crippen LogP contribution in [0.3, 0.4) is 0 Å². The van der Waals surface area contributed by atoms with Gasteiger partial charge in [-0.25, -0.2) is 4.98 Å². The maximum Gasteiger partial charge on any atom is 0.251 e. The Balaban J connectivity index is 1.52. The lowest BCUT2D eigenvalue weighted by Gasteiger charge is -2.06. The van der Waals surface area contributed by atoms with Crippen LogP contribution in [-0.4, -0.2) is 22.0 Å². The number of pyridine rings is 1. The van der Waals surface area contributed by atoms with Crippen molar-refractivity contribution in [2.45, 2.75) is 19.9 Å². The largest absolute Gasteiger partial charge is 0.444 e. The summed E-state index contributed by atoms with van der Waals surface area (Å²) in [5.41, 5.74) is 2.63. The van der Waals surface area contributed by atoms with Gasteiger partial charge >= 0.3 is 0 Å². The molecule has 7 heteroatoms. The molecule has 1 N–H and O–H groups in total. The second-order valence-electron chi connectivity index (χ2n) is 5.92. The number of benzene rings is 1. The van der Waals surface area contributed by atoms with Crippen LogP contribution in [0.4, 0.5) is 0 Å². The molecule has 0 radical (unpaired) electrons. The Labute approximate surface area is 159 Å².